The normalized spacial score (nSPS) is 17.9. The van der Waals surface area contributed by atoms with E-state index in [4.69, 9.17) is 0 Å². The molecule has 122 valence electrons. The number of rotatable bonds is 6. The molecule has 0 spiro atoms. The lowest BCUT2D eigenvalue weighted by Gasteiger charge is -2.31. The van der Waals surface area contributed by atoms with Gasteiger partial charge in [-0.25, -0.2) is 13.1 Å². The second-order valence-corrected chi connectivity index (χ2v) is 7.78. The Morgan fingerprint density at radius 3 is 2.41 bits per heavy atom. The Kier molecular flexibility index (Phi) is 5.97. The third-order valence-corrected chi connectivity index (χ3v) is 4.76. The van der Waals surface area contributed by atoms with Crippen LogP contribution in [0.1, 0.15) is 43.7 Å². The Balaban J connectivity index is 2.06. The first-order valence-corrected chi connectivity index (χ1v) is 9.64. The number of hydrogen-bond donors (Lipinski definition) is 2. The van der Waals surface area contributed by atoms with E-state index in [1.54, 1.807) is 0 Å². The Labute approximate surface area is 132 Å². The number of carbonyl (C=O) groups is 1. The largest absolute Gasteiger partial charge is 0.348 e. The van der Waals surface area contributed by atoms with Crippen LogP contribution in [0.15, 0.2) is 30.3 Å². The van der Waals surface area contributed by atoms with Crippen LogP contribution in [-0.4, -0.2) is 27.1 Å². The molecule has 0 heterocycles. The van der Waals surface area contributed by atoms with E-state index in [0.717, 1.165) is 24.7 Å². The van der Waals surface area contributed by atoms with Crippen LogP contribution in [0.3, 0.4) is 0 Å². The molecule has 0 bridgehead atoms. The maximum absolute atomic E-state index is 12.1. The fourth-order valence-corrected chi connectivity index (χ4v) is 3.42. The average molecular weight is 324 g/mol. The number of hydrogen-bond acceptors (Lipinski definition) is 3. The van der Waals surface area contributed by atoms with Gasteiger partial charge >= 0.3 is 0 Å². The molecule has 1 fully saturated rings. The zero-order valence-electron chi connectivity index (χ0n) is 12.9. The van der Waals surface area contributed by atoms with Gasteiger partial charge in [0.2, 0.25) is 15.9 Å². The van der Waals surface area contributed by atoms with Crippen LogP contribution in [-0.2, 0) is 14.8 Å². The summed E-state index contributed by atoms with van der Waals surface area (Å²) in [6.07, 6.45) is 6.87. The molecule has 22 heavy (non-hydrogen) atoms. The van der Waals surface area contributed by atoms with E-state index < -0.39 is 10.0 Å². The van der Waals surface area contributed by atoms with Crippen molar-refractivity contribution >= 4 is 15.9 Å². The highest BCUT2D eigenvalue weighted by Crippen LogP contribution is 2.34. The van der Waals surface area contributed by atoms with Crippen molar-refractivity contribution in [2.24, 2.45) is 5.92 Å². The van der Waals surface area contributed by atoms with Gasteiger partial charge in [-0.15, -0.1) is 0 Å². The predicted molar refractivity (Wildman–Crippen MR) is 86.7 cm³/mol. The van der Waals surface area contributed by atoms with Gasteiger partial charge in [0.05, 0.1) is 18.8 Å². The zero-order chi connectivity index (χ0) is 16.0. The Bertz CT molecular complexity index is 581. The van der Waals surface area contributed by atoms with Gasteiger partial charge in [0, 0.05) is 0 Å². The number of carbonyl (C=O) groups excluding carboxylic acids is 1. The van der Waals surface area contributed by atoms with Gasteiger partial charge < -0.3 is 5.32 Å². The SMILES string of the molecule is CS(=O)(=O)NCC(=O)N[C@@H](c1ccccc1)C1CCCCC1. The summed E-state index contributed by atoms with van der Waals surface area (Å²) in [7, 11) is -3.36. The molecular weight excluding hydrogens is 300 g/mol. The van der Waals surface area contributed by atoms with Crippen LogP contribution in [0, 0.1) is 5.92 Å². The Morgan fingerprint density at radius 2 is 1.82 bits per heavy atom. The molecule has 0 saturated heterocycles. The van der Waals surface area contributed by atoms with Gasteiger partial charge in [-0.3, -0.25) is 4.79 Å². The summed E-state index contributed by atoms with van der Waals surface area (Å²) in [5.74, 6) is 0.128. The second kappa shape index (κ2) is 7.74. The summed E-state index contributed by atoms with van der Waals surface area (Å²) in [5.41, 5.74) is 1.09. The van der Waals surface area contributed by atoms with Crippen LogP contribution in [0.4, 0.5) is 0 Å². The van der Waals surface area contributed by atoms with Crippen molar-refractivity contribution < 1.29 is 13.2 Å². The summed E-state index contributed by atoms with van der Waals surface area (Å²) in [5, 5.41) is 3.01. The Hall–Kier alpha value is -1.40. The molecule has 1 aromatic carbocycles. The molecule has 1 aromatic rings. The fourth-order valence-electron chi connectivity index (χ4n) is 3.02. The zero-order valence-corrected chi connectivity index (χ0v) is 13.7. The van der Waals surface area contributed by atoms with Crippen molar-refractivity contribution in [1.82, 2.24) is 10.0 Å². The number of sulfonamides is 1. The first-order chi connectivity index (χ1) is 10.5. The standard InChI is InChI=1S/C16H24N2O3S/c1-22(20,21)17-12-15(19)18-16(13-8-4-2-5-9-13)14-10-6-3-7-11-14/h2,4-5,8-9,14,16-17H,3,6-7,10-12H2,1H3,(H,18,19)/t16-/m0/s1. The lowest BCUT2D eigenvalue weighted by molar-refractivity contribution is -0.121. The minimum absolute atomic E-state index is 0.0460. The van der Waals surface area contributed by atoms with E-state index in [1.807, 2.05) is 30.3 Å². The summed E-state index contributed by atoms with van der Waals surface area (Å²) in [4.78, 5) is 12.1. The lowest BCUT2D eigenvalue weighted by atomic mass is 9.81. The number of nitrogens with one attached hydrogen (secondary N) is 2. The number of benzene rings is 1. The first kappa shape index (κ1) is 17.0. The molecule has 5 nitrogen and oxygen atoms in total. The average Bonchev–Trinajstić information content (AvgIpc) is 2.52. The third kappa shape index (κ3) is 5.42. The van der Waals surface area contributed by atoms with E-state index in [9.17, 15) is 13.2 Å². The molecule has 1 aliphatic carbocycles. The van der Waals surface area contributed by atoms with E-state index >= 15 is 0 Å². The van der Waals surface area contributed by atoms with Crippen LogP contribution >= 0.6 is 0 Å². The molecule has 2 N–H and O–H groups in total. The van der Waals surface area contributed by atoms with Crippen LogP contribution in [0.5, 0.6) is 0 Å². The topological polar surface area (TPSA) is 75.3 Å². The molecule has 0 aromatic heterocycles. The van der Waals surface area contributed by atoms with Gasteiger partial charge in [-0.05, 0) is 24.3 Å². The van der Waals surface area contributed by atoms with Crippen molar-refractivity contribution in [3.8, 4) is 0 Å². The smallest absolute Gasteiger partial charge is 0.235 e. The van der Waals surface area contributed by atoms with Crippen LogP contribution < -0.4 is 10.0 Å². The first-order valence-electron chi connectivity index (χ1n) is 7.74. The van der Waals surface area contributed by atoms with Crippen molar-refractivity contribution in [2.45, 2.75) is 38.1 Å². The molecule has 1 aliphatic rings. The molecule has 1 saturated carbocycles. The van der Waals surface area contributed by atoms with E-state index in [2.05, 4.69) is 10.0 Å². The maximum Gasteiger partial charge on any atom is 0.235 e. The fraction of sp³-hybridized carbons (Fsp3) is 0.562. The molecule has 1 amide bonds. The van der Waals surface area contributed by atoms with Crippen LogP contribution in [0.25, 0.3) is 0 Å². The quantitative estimate of drug-likeness (QED) is 0.840. The van der Waals surface area contributed by atoms with E-state index in [-0.39, 0.29) is 18.5 Å². The third-order valence-electron chi connectivity index (χ3n) is 4.09. The van der Waals surface area contributed by atoms with Crippen molar-refractivity contribution in [3.05, 3.63) is 35.9 Å². The molecule has 0 radical (unpaired) electrons. The lowest BCUT2D eigenvalue weighted by Crippen LogP contribution is -2.40. The highest BCUT2D eigenvalue weighted by Gasteiger charge is 2.26. The van der Waals surface area contributed by atoms with Crippen molar-refractivity contribution in [1.29, 1.82) is 0 Å². The molecule has 0 aliphatic heterocycles. The van der Waals surface area contributed by atoms with Gasteiger partial charge in [-0.2, -0.15) is 0 Å². The maximum atomic E-state index is 12.1. The molecule has 6 heteroatoms. The minimum atomic E-state index is -3.36. The highest BCUT2D eigenvalue weighted by atomic mass is 32.2. The summed E-state index contributed by atoms with van der Waals surface area (Å²) in [6, 6.07) is 9.87. The predicted octanol–water partition coefficient (Wildman–Crippen LogP) is 1.97. The highest BCUT2D eigenvalue weighted by molar-refractivity contribution is 7.88. The van der Waals surface area contributed by atoms with Gasteiger partial charge in [0.25, 0.3) is 0 Å². The van der Waals surface area contributed by atoms with E-state index in [0.29, 0.717) is 5.92 Å². The Morgan fingerprint density at radius 1 is 1.18 bits per heavy atom. The van der Waals surface area contributed by atoms with E-state index in [1.165, 1.54) is 19.3 Å². The van der Waals surface area contributed by atoms with Crippen LogP contribution in [0.2, 0.25) is 0 Å². The van der Waals surface area contributed by atoms with Gasteiger partial charge in [0.1, 0.15) is 0 Å². The summed E-state index contributed by atoms with van der Waals surface area (Å²) >= 11 is 0. The number of amides is 1. The molecule has 1 atom stereocenters. The summed E-state index contributed by atoms with van der Waals surface area (Å²) in [6.45, 7) is -0.213. The minimum Gasteiger partial charge on any atom is -0.348 e. The monoisotopic (exact) mass is 324 g/mol. The summed E-state index contributed by atoms with van der Waals surface area (Å²) < 4.78 is 24.4. The molecular formula is C16H24N2O3S. The molecule has 2 rings (SSSR count). The van der Waals surface area contributed by atoms with Crippen molar-refractivity contribution in [3.63, 3.8) is 0 Å². The second-order valence-electron chi connectivity index (χ2n) is 5.95. The van der Waals surface area contributed by atoms with Gasteiger partial charge in [-0.1, -0.05) is 49.6 Å². The molecule has 0 unspecified atom stereocenters. The van der Waals surface area contributed by atoms with Gasteiger partial charge in [0.15, 0.2) is 0 Å². The van der Waals surface area contributed by atoms with Crippen molar-refractivity contribution in [2.75, 3.05) is 12.8 Å².